The van der Waals surface area contributed by atoms with Gasteiger partial charge >= 0.3 is 0 Å². The third-order valence-corrected chi connectivity index (χ3v) is 10.8. The third kappa shape index (κ3) is 3.88. The topological polar surface area (TPSA) is 0 Å². The van der Waals surface area contributed by atoms with E-state index in [4.69, 9.17) is 0 Å². The van der Waals surface area contributed by atoms with Gasteiger partial charge in [0.25, 0.3) is 0 Å². The summed E-state index contributed by atoms with van der Waals surface area (Å²) in [4.78, 5) is 0. The molecule has 0 aromatic heterocycles. The van der Waals surface area contributed by atoms with Crippen molar-refractivity contribution in [2.75, 3.05) is 0 Å². The van der Waals surface area contributed by atoms with Crippen molar-refractivity contribution in [3.8, 4) is 44.5 Å². The molecule has 0 bridgehead atoms. The summed E-state index contributed by atoms with van der Waals surface area (Å²) >= 11 is 0. The van der Waals surface area contributed by atoms with Crippen LogP contribution in [0.2, 0.25) is 0 Å². The van der Waals surface area contributed by atoms with Gasteiger partial charge in [-0.25, -0.2) is 0 Å². The van der Waals surface area contributed by atoms with Gasteiger partial charge in [-0.1, -0.05) is 147 Å². The van der Waals surface area contributed by atoms with Gasteiger partial charge < -0.3 is 0 Å². The van der Waals surface area contributed by atoms with E-state index in [0.717, 1.165) is 0 Å². The Morgan fingerprint density at radius 2 is 0.851 bits per heavy atom. The lowest BCUT2D eigenvalue weighted by Gasteiger charge is -2.22. The molecule has 0 saturated heterocycles. The molecule has 47 heavy (non-hydrogen) atoms. The largest absolute Gasteiger partial charge is 0.0616 e. The van der Waals surface area contributed by atoms with Crippen LogP contribution in [0, 0.1) is 0 Å². The minimum absolute atomic E-state index is 0.0523. The SMILES string of the molecule is CC1(C)c2cc(-c3cccc(-c4ccc(-c5ccc6ccc7cccc8ccc5c6c78)cc4)c3)ccc2-c2cc3ccccc3cc21. The zero-order valence-electron chi connectivity index (χ0n) is 26.5. The van der Waals surface area contributed by atoms with Gasteiger partial charge in [0.1, 0.15) is 0 Å². The molecule has 1 aliphatic rings. The molecule has 0 heteroatoms. The van der Waals surface area contributed by atoms with Crippen LogP contribution >= 0.6 is 0 Å². The van der Waals surface area contributed by atoms with E-state index >= 15 is 0 Å². The van der Waals surface area contributed by atoms with Gasteiger partial charge in [-0.2, -0.15) is 0 Å². The Hall–Kier alpha value is -5.72. The molecule has 9 aromatic carbocycles. The number of hydrogen-bond acceptors (Lipinski definition) is 0. The molecule has 0 saturated carbocycles. The summed E-state index contributed by atoms with van der Waals surface area (Å²) in [5.41, 5.74) is 13.0. The van der Waals surface area contributed by atoms with Crippen molar-refractivity contribution < 1.29 is 0 Å². The Morgan fingerprint density at radius 1 is 0.319 bits per heavy atom. The Kier molecular flexibility index (Phi) is 5.44. The second-order valence-electron chi connectivity index (χ2n) is 13.8. The van der Waals surface area contributed by atoms with Gasteiger partial charge in [0.15, 0.2) is 0 Å². The van der Waals surface area contributed by atoms with Gasteiger partial charge in [0.2, 0.25) is 0 Å². The van der Waals surface area contributed by atoms with Crippen molar-refractivity contribution in [2.45, 2.75) is 19.3 Å². The lowest BCUT2D eigenvalue weighted by Crippen LogP contribution is -2.15. The first kappa shape index (κ1) is 26.5. The molecule has 0 atom stereocenters. The Morgan fingerprint density at radius 3 is 1.64 bits per heavy atom. The smallest absolute Gasteiger partial charge is 0.0159 e. The molecule has 0 heterocycles. The van der Waals surface area contributed by atoms with Crippen LogP contribution in [0.4, 0.5) is 0 Å². The highest BCUT2D eigenvalue weighted by Crippen LogP contribution is 2.51. The van der Waals surface area contributed by atoms with Crippen molar-refractivity contribution in [1.29, 1.82) is 0 Å². The summed E-state index contributed by atoms with van der Waals surface area (Å²) in [5, 5.41) is 10.6. The van der Waals surface area contributed by atoms with E-state index in [1.54, 1.807) is 0 Å². The van der Waals surface area contributed by atoms with Gasteiger partial charge in [-0.05, 0) is 123 Å². The predicted molar refractivity (Wildman–Crippen MR) is 202 cm³/mol. The highest BCUT2D eigenvalue weighted by molar-refractivity contribution is 6.25. The summed E-state index contributed by atoms with van der Waals surface area (Å²) in [6.07, 6.45) is 0. The third-order valence-electron chi connectivity index (χ3n) is 10.8. The highest BCUT2D eigenvalue weighted by atomic mass is 14.4. The van der Waals surface area contributed by atoms with Crippen LogP contribution in [0.15, 0.2) is 158 Å². The molecule has 0 radical (unpaired) electrons. The van der Waals surface area contributed by atoms with E-state index in [0.29, 0.717) is 0 Å². The zero-order chi connectivity index (χ0) is 31.3. The molecule has 0 nitrogen and oxygen atoms in total. The molecule has 1 aliphatic carbocycles. The zero-order valence-corrected chi connectivity index (χ0v) is 26.5. The van der Waals surface area contributed by atoms with Crippen LogP contribution in [-0.2, 0) is 5.41 Å². The van der Waals surface area contributed by atoms with Gasteiger partial charge in [0, 0.05) is 5.41 Å². The maximum absolute atomic E-state index is 2.43. The van der Waals surface area contributed by atoms with E-state index in [2.05, 4.69) is 172 Å². The summed E-state index contributed by atoms with van der Waals surface area (Å²) < 4.78 is 0. The lowest BCUT2D eigenvalue weighted by atomic mass is 9.81. The van der Waals surface area contributed by atoms with Crippen LogP contribution < -0.4 is 0 Å². The van der Waals surface area contributed by atoms with Crippen LogP contribution in [0.1, 0.15) is 25.0 Å². The maximum atomic E-state index is 2.43. The van der Waals surface area contributed by atoms with Gasteiger partial charge in [-0.15, -0.1) is 0 Å². The fraction of sp³-hybridized carbons (Fsp3) is 0.0638. The van der Waals surface area contributed by atoms with E-state index in [-0.39, 0.29) is 5.41 Å². The molecular formula is C47H32. The standard InChI is InChI=1S/C47H32/c1-47(2)43-28-38(21-23-40(43)42-26-36-7-3-4-8-37(36)27-44(42)47)35-12-6-11-34(25-35)29-13-15-30(16-14-29)39-22-19-33-18-17-31-9-5-10-32-20-24-41(39)46(33)45(31)32/h3-28H,1-2H3. The van der Waals surface area contributed by atoms with Gasteiger partial charge in [-0.3, -0.25) is 0 Å². The van der Waals surface area contributed by atoms with E-state index < -0.39 is 0 Å². The quantitative estimate of drug-likeness (QED) is 0.178. The summed E-state index contributed by atoms with van der Waals surface area (Å²) in [6, 6.07) is 58.9. The lowest BCUT2D eigenvalue weighted by molar-refractivity contribution is 0.661. The minimum atomic E-state index is -0.0523. The highest BCUT2D eigenvalue weighted by Gasteiger charge is 2.35. The predicted octanol–water partition coefficient (Wildman–Crippen LogP) is 13.0. The second kappa shape index (κ2) is 9.64. The number of benzene rings is 9. The molecule has 0 spiro atoms. The van der Waals surface area contributed by atoms with Crippen molar-refractivity contribution >= 4 is 43.1 Å². The second-order valence-corrected chi connectivity index (χ2v) is 13.8. The molecule has 0 unspecified atom stereocenters. The van der Waals surface area contributed by atoms with E-state index in [1.807, 2.05) is 0 Å². The van der Waals surface area contributed by atoms with Crippen LogP contribution in [0.5, 0.6) is 0 Å². The van der Waals surface area contributed by atoms with Crippen molar-refractivity contribution in [3.63, 3.8) is 0 Å². The molecule has 0 N–H and O–H groups in total. The summed E-state index contributed by atoms with van der Waals surface area (Å²) in [6.45, 7) is 4.74. The van der Waals surface area contributed by atoms with E-state index in [1.165, 1.54) is 98.7 Å². The first-order valence-electron chi connectivity index (χ1n) is 16.6. The van der Waals surface area contributed by atoms with Gasteiger partial charge in [0.05, 0.1) is 0 Å². The molecular weight excluding hydrogens is 565 g/mol. The minimum Gasteiger partial charge on any atom is -0.0616 e. The Balaban J connectivity index is 1.01. The van der Waals surface area contributed by atoms with Crippen molar-refractivity contribution in [3.05, 3.63) is 169 Å². The Labute approximate surface area is 274 Å². The molecule has 0 aliphatic heterocycles. The van der Waals surface area contributed by atoms with E-state index in [9.17, 15) is 0 Å². The number of fused-ring (bicyclic) bond motifs is 4. The normalized spacial score (nSPS) is 13.5. The molecule has 9 aromatic rings. The Bertz CT molecular complexity index is 2670. The van der Waals surface area contributed by atoms with Crippen molar-refractivity contribution in [1.82, 2.24) is 0 Å². The van der Waals surface area contributed by atoms with Crippen molar-refractivity contribution in [2.24, 2.45) is 0 Å². The fourth-order valence-corrected chi connectivity index (χ4v) is 8.31. The molecule has 0 amide bonds. The first-order chi connectivity index (χ1) is 23.0. The van der Waals surface area contributed by atoms with Crippen LogP contribution in [0.25, 0.3) is 87.6 Å². The number of hydrogen-bond donors (Lipinski definition) is 0. The van der Waals surface area contributed by atoms with Crippen LogP contribution in [0.3, 0.4) is 0 Å². The molecule has 0 fully saturated rings. The fourth-order valence-electron chi connectivity index (χ4n) is 8.31. The number of rotatable bonds is 3. The first-order valence-corrected chi connectivity index (χ1v) is 16.6. The summed E-state index contributed by atoms with van der Waals surface area (Å²) in [7, 11) is 0. The maximum Gasteiger partial charge on any atom is 0.0159 e. The average molecular weight is 597 g/mol. The van der Waals surface area contributed by atoms with Crippen LogP contribution in [-0.4, -0.2) is 0 Å². The average Bonchev–Trinajstić information content (AvgIpc) is 3.34. The molecule has 10 rings (SSSR count). The monoisotopic (exact) mass is 596 g/mol. The summed E-state index contributed by atoms with van der Waals surface area (Å²) in [5.74, 6) is 0. The molecule has 220 valence electrons.